The predicted octanol–water partition coefficient (Wildman–Crippen LogP) is 2.73. The van der Waals surface area contributed by atoms with Crippen LogP contribution in [0.3, 0.4) is 0 Å². The van der Waals surface area contributed by atoms with Crippen molar-refractivity contribution in [3.05, 3.63) is 40.9 Å². The van der Waals surface area contributed by atoms with Crippen molar-refractivity contribution in [2.75, 3.05) is 11.9 Å². The Morgan fingerprint density at radius 3 is 2.38 bits per heavy atom. The van der Waals surface area contributed by atoms with Crippen molar-refractivity contribution in [3.63, 3.8) is 0 Å². The molecular weight excluding hydrogens is 414 g/mol. The van der Waals surface area contributed by atoms with Gasteiger partial charge in [0.1, 0.15) is 11.7 Å². The van der Waals surface area contributed by atoms with Gasteiger partial charge in [0, 0.05) is 24.4 Å². The monoisotopic (exact) mass is 435 g/mol. The Morgan fingerprint density at radius 1 is 1.10 bits per heavy atom. The molecule has 2 aromatic rings. The zero-order valence-electron chi connectivity index (χ0n) is 16.0. The molecule has 1 aromatic heterocycles. The zero-order valence-corrected chi connectivity index (χ0v) is 17.7. The number of amides is 1. The Morgan fingerprint density at radius 2 is 1.79 bits per heavy atom. The lowest BCUT2D eigenvalue weighted by Crippen LogP contribution is -2.49. The normalized spacial score (nSPS) is 17.7. The van der Waals surface area contributed by atoms with E-state index < -0.39 is 22.0 Å². The van der Waals surface area contributed by atoms with Crippen molar-refractivity contribution >= 4 is 44.0 Å². The molecule has 0 aliphatic carbocycles. The molecule has 1 fully saturated rings. The van der Waals surface area contributed by atoms with E-state index in [4.69, 9.17) is 0 Å². The summed E-state index contributed by atoms with van der Waals surface area (Å²) in [7, 11) is -3.91. The summed E-state index contributed by atoms with van der Waals surface area (Å²) < 4.78 is 27.5. The molecule has 1 N–H and O–H groups in total. The molecule has 1 aromatic carbocycles. The second-order valence-corrected chi connectivity index (χ2v) is 9.54. The van der Waals surface area contributed by atoms with E-state index in [1.165, 1.54) is 42.4 Å². The summed E-state index contributed by atoms with van der Waals surface area (Å²) in [6.45, 7) is 3.02. The molecule has 1 unspecified atom stereocenters. The number of nitrogens with zero attached hydrogens (tertiary/aromatic N) is 2. The first-order chi connectivity index (χ1) is 13.7. The van der Waals surface area contributed by atoms with Gasteiger partial charge in [0.15, 0.2) is 16.7 Å². The maximum Gasteiger partial charge on any atom is 0.244 e. The molecule has 0 radical (unpaired) electrons. The summed E-state index contributed by atoms with van der Waals surface area (Å²) in [5.41, 5.74) is 0.672. The van der Waals surface area contributed by atoms with E-state index >= 15 is 0 Å². The number of rotatable bonds is 6. The van der Waals surface area contributed by atoms with Crippen LogP contribution in [0.5, 0.6) is 0 Å². The lowest BCUT2D eigenvalue weighted by Gasteiger charge is -2.33. The highest BCUT2D eigenvalue weighted by atomic mass is 32.2. The molecule has 1 aliphatic heterocycles. The number of ketones is 2. The minimum atomic E-state index is -3.91. The SMILES string of the molecule is CC(=O)c1ccc(S(=O)(=O)N2CCCCC2C(=O)Nc2nc(C(C)=O)cs2)cc1. The van der Waals surface area contributed by atoms with Gasteiger partial charge in [-0.25, -0.2) is 13.4 Å². The number of aromatic nitrogens is 1. The second kappa shape index (κ2) is 8.52. The van der Waals surface area contributed by atoms with E-state index in [1.54, 1.807) is 5.38 Å². The second-order valence-electron chi connectivity index (χ2n) is 6.79. The zero-order chi connectivity index (χ0) is 21.2. The van der Waals surface area contributed by atoms with Gasteiger partial charge in [-0.2, -0.15) is 4.31 Å². The van der Waals surface area contributed by atoms with Crippen LogP contribution in [0.15, 0.2) is 34.5 Å². The van der Waals surface area contributed by atoms with Crippen molar-refractivity contribution in [2.45, 2.75) is 44.0 Å². The lowest BCUT2D eigenvalue weighted by molar-refractivity contribution is -0.120. The Kier molecular flexibility index (Phi) is 6.25. The number of carbonyl (C=O) groups is 3. The van der Waals surface area contributed by atoms with Gasteiger partial charge < -0.3 is 5.32 Å². The minimum absolute atomic E-state index is 0.0373. The number of hydrogen-bond acceptors (Lipinski definition) is 7. The Hall–Kier alpha value is -2.43. The fourth-order valence-corrected chi connectivity index (χ4v) is 5.54. The topological polar surface area (TPSA) is 114 Å². The smallest absolute Gasteiger partial charge is 0.244 e. The van der Waals surface area contributed by atoms with Gasteiger partial charge in [-0.1, -0.05) is 18.6 Å². The first-order valence-corrected chi connectivity index (χ1v) is 11.4. The highest BCUT2D eigenvalue weighted by molar-refractivity contribution is 7.89. The number of benzene rings is 1. The molecule has 3 rings (SSSR count). The van der Waals surface area contributed by atoms with Crippen molar-refractivity contribution < 1.29 is 22.8 Å². The summed E-state index contributed by atoms with van der Waals surface area (Å²) in [5.74, 6) is -0.840. The third-order valence-electron chi connectivity index (χ3n) is 4.72. The van der Waals surface area contributed by atoms with Crippen LogP contribution in [-0.2, 0) is 14.8 Å². The molecule has 8 nitrogen and oxygen atoms in total. The van der Waals surface area contributed by atoms with Crippen molar-refractivity contribution in [2.24, 2.45) is 0 Å². The van der Waals surface area contributed by atoms with E-state index in [2.05, 4.69) is 10.3 Å². The molecule has 29 heavy (non-hydrogen) atoms. The average Bonchev–Trinajstić information content (AvgIpc) is 3.17. The fraction of sp³-hybridized carbons (Fsp3) is 0.368. The van der Waals surface area contributed by atoms with E-state index in [0.717, 1.165) is 17.8 Å². The molecular formula is C19H21N3O5S2. The van der Waals surface area contributed by atoms with Crippen molar-refractivity contribution in [1.82, 2.24) is 9.29 Å². The first-order valence-electron chi connectivity index (χ1n) is 9.10. The third kappa shape index (κ3) is 4.60. The average molecular weight is 436 g/mol. The number of sulfonamides is 1. The molecule has 10 heteroatoms. The van der Waals surface area contributed by atoms with Crippen LogP contribution in [0.2, 0.25) is 0 Å². The molecule has 0 spiro atoms. The number of anilines is 1. The molecule has 2 heterocycles. The molecule has 0 bridgehead atoms. The summed E-state index contributed by atoms with van der Waals surface area (Å²) in [4.78, 5) is 39.7. The molecule has 1 saturated heterocycles. The number of hydrogen-bond donors (Lipinski definition) is 1. The van der Waals surface area contributed by atoms with Gasteiger partial charge in [-0.3, -0.25) is 14.4 Å². The van der Waals surface area contributed by atoms with E-state index in [0.29, 0.717) is 18.4 Å². The van der Waals surface area contributed by atoms with E-state index in [-0.39, 0.29) is 33.8 Å². The largest absolute Gasteiger partial charge is 0.301 e. The van der Waals surface area contributed by atoms with Gasteiger partial charge in [0.05, 0.1) is 4.90 Å². The number of piperidine rings is 1. The lowest BCUT2D eigenvalue weighted by atomic mass is 10.0. The molecule has 0 saturated carbocycles. The predicted molar refractivity (Wildman–Crippen MR) is 109 cm³/mol. The molecule has 1 aliphatic rings. The van der Waals surface area contributed by atoms with Crippen molar-refractivity contribution in [1.29, 1.82) is 0 Å². The van der Waals surface area contributed by atoms with Gasteiger partial charge in [0.2, 0.25) is 15.9 Å². The van der Waals surface area contributed by atoms with Crippen LogP contribution in [-0.4, -0.2) is 47.8 Å². The molecule has 1 atom stereocenters. The van der Waals surface area contributed by atoms with E-state index in [9.17, 15) is 22.8 Å². The Bertz CT molecular complexity index is 1040. The van der Waals surface area contributed by atoms with Gasteiger partial charge in [-0.05, 0) is 31.9 Å². The Labute approximate surface area is 173 Å². The molecule has 154 valence electrons. The van der Waals surface area contributed by atoms with Crippen molar-refractivity contribution in [3.8, 4) is 0 Å². The summed E-state index contributed by atoms with van der Waals surface area (Å²) >= 11 is 1.12. The third-order valence-corrected chi connectivity index (χ3v) is 7.40. The van der Waals surface area contributed by atoms with Gasteiger partial charge >= 0.3 is 0 Å². The maximum absolute atomic E-state index is 13.1. The maximum atomic E-state index is 13.1. The van der Waals surface area contributed by atoms with Crippen LogP contribution in [0.1, 0.15) is 54.0 Å². The van der Waals surface area contributed by atoms with Crippen LogP contribution < -0.4 is 5.32 Å². The number of carbonyl (C=O) groups excluding carboxylic acids is 3. The first kappa shape index (κ1) is 21.3. The van der Waals surface area contributed by atoms with Crippen LogP contribution in [0.25, 0.3) is 0 Å². The molecule has 1 amide bonds. The summed E-state index contributed by atoms with van der Waals surface area (Å²) in [5, 5.41) is 4.43. The number of thiazole rings is 1. The van der Waals surface area contributed by atoms with Gasteiger partial charge in [-0.15, -0.1) is 11.3 Å². The Balaban J connectivity index is 1.83. The highest BCUT2D eigenvalue weighted by Crippen LogP contribution is 2.27. The van der Waals surface area contributed by atoms with Crippen LogP contribution in [0, 0.1) is 0 Å². The highest BCUT2D eigenvalue weighted by Gasteiger charge is 2.38. The quantitative estimate of drug-likeness (QED) is 0.698. The summed E-state index contributed by atoms with van der Waals surface area (Å²) in [6, 6.07) is 4.83. The number of nitrogens with one attached hydrogen (secondary N) is 1. The summed E-state index contributed by atoms with van der Waals surface area (Å²) in [6.07, 6.45) is 1.77. The van der Waals surface area contributed by atoms with Crippen LogP contribution in [0.4, 0.5) is 5.13 Å². The standard InChI is InChI=1S/C19H21N3O5S2/c1-12(23)14-6-8-15(9-7-14)29(26,27)22-10-4-3-5-17(22)18(25)21-19-20-16(11-28-19)13(2)24/h6-9,11,17H,3-5,10H2,1-2H3,(H,20,21,25). The van der Waals surface area contributed by atoms with Gasteiger partial charge in [0.25, 0.3) is 0 Å². The van der Waals surface area contributed by atoms with E-state index in [1.807, 2.05) is 0 Å². The fourth-order valence-electron chi connectivity index (χ4n) is 3.13. The van der Waals surface area contributed by atoms with Crippen LogP contribution >= 0.6 is 11.3 Å². The minimum Gasteiger partial charge on any atom is -0.301 e. The number of Topliss-reactive ketones (excluding diaryl/α,β-unsaturated/α-hetero) is 2.